The minimum Gasteiger partial charge on any atom is -0.313 e. The molecule has 2 aromatic rings. The number of aromatic nitrogens is 2. The van der Waals surface area contributed by atoms with Gasteiger partial charge in [-0.15, -0.1) is 0 Å². The van der Waals surface area contributed by atoms with Crippen molar-refractivity contribution in [3.63, 3.8) is 0 Å². The number of nitrogens with one attached hydrogen (secondary N) is 1. The Morgan fingerprint density at radius 2 is 2.05 bits per heavy atom. The van der Waals surface area contributed by atoms with Crippen molar-refractivity contribution >= 4 is 0 Å². The third kappa shape index (κ3) is 3.25. The highest BCUT2D eigenvalue weighted by Gasteiger charge is 2.12. The molecule has 3 nitrogen and oxygen atoms in total. The van der Waals surface area contributed by atoms with E-state index in [2.05, 4.69) is 24.3 Å². The molecule has 0 spiro atoms. The zero-order valence-corrected chi connectivity index (χ0v) is 12.4. The standard InChI is InChI=1S/C16H22FN3/c1-4-8-20-11-15(12(3)19-20)14-9-13(10-18-5-2)6-7-16(14)17/h6-7,9,11,18H,4-5,8,10H2,1-3H3. The van der Waals surface area contributed by atoms with Crippen molar-refractivity contribution in [3.8, 4) is 11.1 Å². The fraction of sp³-hybridized carbons (Fsp3) is 0.438. The van der Waals surface area contributed by atoms with Crippen molar-refractivity contribution < 1.29 is 4.39 Å². The molecule has 0 saturated heterocycles. The van der Waals surface area contributed by atoms with E-state index in [9.17, 15) is 4.39 Å². The van der Waals surface area contributed by atoms with Gasteiger partial charge in [-0.2, -0.15) is 5.10 Å². The van der Waals surface area contributed by atoms with E-state index in [-0.39, 0.29) is 5.82 Å². The first kappa shape index (κ1) is 14.7. The molecule has 1 aromatic heterocycles. The molecule has 0 fully saturated rings. The molecule has 108 valence electrons. The second-order valence-electron chi connectivity index (χ2n) is 4.99. The van der Waals surface area contributed by atoms with E-state index < -0.39 is 0 Å². The van der Waals surface area contributed by atoms with Crippen molar-refractivity contribution in [3.05, 3.63) is 41.5 Å². The summed E-state index contributed by atoms with van der Waals surface area (Å²) in [4.78, 5) is 0. The first-order valence-electron chi connectivity index (χ1n) is 7.19. The minimum absolute atomic E-state index is 0.190. The van der Waals surface area contributed by atoms with Crippen LogP contribution in [0.25, 0.3) is 11.1 Å². The average molecular weight is 275 g/mol. The van der Waals surface area contributed by atoms with Gasteiger partial charge < -0.3 is 5.32 Å². The summed E-state index contributed by atoms with van der Waals surface area (Å²) in [6, 6.07) is 5.28. The predicted molar refractivity (Wildman–Crippen MR) is 80.0 cm³/mol. The summed E-state index contributed by atoms with van der Waals surface area (Å²) < 4.78 is 16.0. The quantitative estimate of drug-likeness (QED) is 0.874. The van der Waals surface area contributed by atoms with Gasteiger partial charge in [0.15, 0.2) is 0 Å². The Balaban J connectivity index is 2.35. The Hall–Kier alpha value is -1.68. The van der Waals surface area contributed by atoms with E-state index in [1.807, 2.05) is 29.9 Å². The van der Waals surface area contributed by atoms with Crippen LogP contribution < -0.4 is 5.32 Å². The second kappa shape index (κ2) is 6.66. The highest BCUT2D eigenvalue weighted by atomic mass is 19.1. The number of aryl methyl sites for hydroxylation is 2. The molecule has 1 heterocycles. The third-order valence-electron chi connectivity index (χ3n) is 3.30. The van der Waals surface area contributed by atoms with Crippen LogP contribution in [-0.2, 0) is 13.1 Å². The van der Waals surface area contributed by atoms with Gasteiger partial charge in [0.2, 0.25) is 0 Å². The van der Waals surface area contributed by atoms with Gasteiger partial charge in [0.1, 0.15) is 5.82 Å². The van der Waals surface area contributed by atoms with Gasteiger partial charge in [-0.1, -0.05) is 19.9 Å². The molecule has 0 aliphatic heterocycles. The zero-order chi connectivity index (χ0) is 14.5. The number of hydrogen-bond acceptors (Lipinski definition) is 2. The summed E-state index contributed by atoms with van der Waals surface area (Å²) in [6.45, 7) is 8.61. The van der Waals surface area contributed by atoms with Crippen LogP contribution in [0.3, 0.4) is 0 Å². The molecule has 1 aromatic carbocycles. The SMILES string of the molecule is CCCn1cc(-c2cc(CNCC)ccc2F)c(C)n1. The van der Waals surface area contributed by atoms with Crippen LogP contribution in [-0.4, -0.2) is 16.3 Å². The van der Waals surface area contributed by atoms with Gasteiger partial charge in [0, 0.05) is 30.4 Å². The third-order valence-corrected chi connectivity index (χ3v) is 3.30. The van der Waals surface area contributed by atoms with E-state index >= 15 is 0 Å². The number of hydrogen-bond donors (Lipinski definition) is 1. The van der Waals surface area contributed by atoms with Crippen molar-refractivity contribution in [1.29, 1.82) is 0 Å². The van der Waals surface area contributed by atoms with E-state index in [0.29, 0.717) is 5.56 Å². The molecule has 0 atom stereocenters. The van der Waals surface area contributed by atoms with E-state index in [1.54, 1.807) is 6.07 Å². The molecule has 0 unspecified atom stereocenters. The number of nitrogens with zero attached hydrogens (tertiary/aromatic N) is 2. The van der Waals surface area contributed by atoms with Crippen LogP contribution in [0.2, 0.25) is 0 Å². The Morgan fingerprint density at radius 1 is 1.25 bits per heavy atom. The van der Waals surface area contributed by atoms with Crippen molar-refractivity contribution in [2.75, 3.05) is 6.54 Å². The number of halogens is 1. The molecular formula is C16H22FN3. The van der Waals surface area contributed by atoms with Crippen molar-refractivity contribution in [2.45, 2.75) is 40.3 Å². The van der Waals surface area contributed by atoms with Gasteiger partial charge in [-0.3, -0.25) is 4.68 Å². The highest BCUT2D eigenvalue weighted by molar-refractivity contribution is 5.66. The van der Waals surface area contributed by atoms with Crippen LogP contribution in [0.15, 0.2) is 24.4 Å². The molecule has 0 aliphatic rings. The fourth-order valence-corrected chi connectivity index (χ4v) is 2.28. The van der Waals surface area contributed by atoms with E-state index in [0.717, 1.165) is 42.9 Å². The summed E-state index contributed by atoms with van der Waals surface area (Å²) >= 11 is 0. The molecule has 0 bridgehead atoms. The molecule has 0 aliphatic carbocycles. The average Bonchev–Trinajstić information content (AvgIpc) is 2.79. The molecule has 0 saturated carbocycles. The largest absolute Gasteiger partial charge is 0.313 e. The molecule has 0 amide bonds. The van der Waals surface area contributed by atoms with Gasteiger partial charge in [-0.25, -0.2) is 4.39 Å². The highest BCUT2D eigenvalue weighted by Crippen LogP contribution is 2.26. The van der Waals surface area contributed by atoms with Crippen LogP contribution in [0, 0.1) is 12.7 Å². The van der Waals surface area contributed by atoms with Crippen molar-refractivity contribution in [2.24, 2.45) is 0 Å². The first-order valence-corrected chi connectivity index (χ1v) is 7.19. The van der Waals surface area contributed by atoms with Crippen LogP contribution in [0.5, 0.6) is 0 Å². The molecule has 1 N–H and O–H groups in total. The summed E-state index contributed by atoms with van der Waals surface area (Å²) in [5, 5.41) is 7.70. The van der Waals surface area contributed by atoms with Crippen LogP contribution in [0.1, 0.15) is 31.5 Å². The lowest BCUT2D eigenvalue weighted by Crippen LogP contribution is -2.11. The first-order chi connectivity index (χ1) is 9.65. The zero-order valence-electron chi connectivity index (χ0n) is 12.4. The van der Waals surface area contributed by atoms with Gasteiger partial charge in [0.25, 0.3) is 0 Å². The minimum atomic E-state index is -0.190. The maximum Gasteiger partial charge on any atom is 0.131 e. The summed E-state index contributed by atoms with van der Waals surface area (Å²) in [5.74, 6) is -0.190. The maximum atomic E-state index is 14.1. The van der Waals surface area contributed by atoms with Gasteiger partial charge in [-0.05, 0) is 37.6 Å². The molecule has 4 heteroatoms. The Morgan fingerprint density at radius 3 is 2.75 bits per heavy atom. The summed E-state index contributed by atoms with van der Waals surface area (Å²) in [5.41, 5.74) is 3.48. The van der Waals surface area contributed by atoms with Gasteiger partial charge in [0.05, 0.1) is 5.69 Å². The Bertz CT molecular complexity index is 575. The monoisotopic (exact) mass is 275 g/mol. The fourth-order valence-electron chi connectivity index (χ4n) is 2.28. The smallest absolute Gasteiger partial charge is 0.131 e. The number of benzene rings is 1. The predicted octanol–water partition coefficient (Wildman–Crippen LogP) is 3.52. The normalized spacial score (nSPS) is 11.0. The molecule has 20 heavy (non-hydrogen) atoms. The maximum absolute atomic E-state index is 14.1. The van der Waals surface area contributed by atoms with E-state index in [1.165, 1.54) is 0 Å². The Kier molecular flexibility index (Phi) is 4.90. The molecule has 0 radical (unpaired) electrons. The van der Waals surface area contributed by atoms with Crippen LogP contribution >= 0.6 is 0 Å². The molecule has 2 rings (SSSR count). The summed E-state index contributed by atoms with van der Waals surface area (Å²) in [7, 11) is 0. The van der Waals surface area contributed by atoms with Crippen molar-refractivity contribution in [1.82, 2.24) is 15.1 Å². The second-order valence-corrected chi connectivity index (χ2v) is 4.99. The Labute approximate surface area is 119 Å². The lowest BCUT2D eigenvalue weighted by Gasteiger charge is -2.06. The lowest BCUT2D eigenvalue weighted by molar-refractivity contribution is 0.598. The topological polar surface area (TPSA) is 29.9 Å². The summed E-state index contributed by atoms with van der Waals surface area (Å²) in [6.07, 6.45) is 2.96. The van der Waals surface area contributed by atoms with Gasteiger partial charge >= 0.3 is 0 Å². The number of rotatable bonds is 6. The van der Waals surface area contributed by atoms with Crippen LogP contribution in [0.4, 0.5) is 4.39 Å². The lowest BCUT2D eigenvalue weighted by atomic mass is 10.0. The van der Waals surface area contributed by atoms with E-state index in [4.69, 9.17) is 0 Å². The molecular weight excluding hydrogens is 253 g/mol.